The van der Waals surface area contributed by atoms with Gasteiger partial charge in [-0.3, -0.25) is 9.89 Å². The van der Waals surface area contributed by atoms with Crippen molar-refractivity contribution in [3.8, 4) is 11.3 Å². The average Bonchev–Trinajstić information content (AvgIpc) is 3.40. The quantitative estimate of drug-likeness (QED) is 0.489. The first kappa shape index (κ1) is 14.9. The molecule has 0 fully saturated rings. The van der Waals surface area contributed by atoms with Gasteiger partial charge < -0.3 is 9.73 Å². The third-order valence-corrected chi connectivity index (χ3v) is 5.02. The summed E-state index contributed by atoms with van der Waals surface area (Å²) in [6.07, 6.45) is 3.25. The second-order valence-electron chi connectivity index (χ2n) is 5.83. The SMILES string of the molecule is O=C(Nc1ccc2[nH]nc(-c3ccoc3)c2c1)c1ccc2scnc2c1. The van der Waals surface area contributed by atoms with Gasteiger partial charge in [-0.25, -0.2) is 4.98 Å². The number of rotatable bonds is 3. The van der Waals surface area contributed by atoms with Crippen molar-refractivity contribution in [2.45, 2.75) is 0 Å². The van der Waals surface area contributed by atoms with Crippen LogP contribution in [0.2, 0.25) is 0 Å². The molecule has 6 nitrogen and oxygen atoms in total. The van der Waals surface area contributed by atoms with Crippen LogP contribution in [0.5, 0.6) is 0 Å². The minimum Gasteiger partial charge on any atom is -0.472 e. The Morgan fingerprint density at radius 1 is 1.15 bits per heavy atom. The summed E-state index contributed by atoms with van der Waals surface area (Å²) >= 11 is 1.55. The number of nitrogens with one attached hydrogen (secondary N) is 2. The maximum Gasteiger partial charge on any atom is 0.255 e. The number of H-pyrrole nitrogens is 1. The molecule has 0 radical (unpaired) electrons. The van der Waals surface area contributed by atoms with Gasteiger partial charge in [0.05, 0.1) is 33.8 Å². The van der Waals surface area contributed by atoms with E-state index in [1.54, 1.807) is 35.4 Å². The van der Waals surface area contributed by atoms with Gasteiger partial charge in [-0.15, -0.1) is 11.3 Å². The van der Waals surface area contributed by atoms with E-state index >= 15 is 0 Å². The molecule has 7 heteroatoms. The van der Waals surface area contributed by atoms with E-state index in [1.165, 1.54) is 0 Å². The predicted molar refractivity (Wildman–Crippen MR) is 101 cm³/mol. The van der Waals surface area contributed by atoms with Crippen LogP contribution in [0.3, 0.4) is 0 Å². The number of furan rings is 1. The molecule has 0 saturated heterocycles. The molecule has 5 aromatic rings. The number of carbonyl (C=O) groups excluding carboxylic acids is 1. The van der Waals surface area contributed by atoms with Crippen molar-refractivity contribution >= 4 is 44.1 Å². The lowest BCUT2D eigenvalue weighted by molar-refractivity contribution is 0.102. The summed E-state index contributed by atoms with van der Waals surface area (Å²) in [4.78, 5) is 16.9. The van der Waals surface area contributed by atoms with E-state index in [0.717, 1.165) is 32.4 Å². The number of hydrogen-bond acceptors (Lipinski definition) is 5. The minimum absolute atomic E-state index is 0.174. The highest BCUT2D eigenvalue weighted by Crippen LogP contribution is 2.29. The van der Waals surface area contributed by atoms with Crippen LogP contribution in [-0.4, -0.2) is 21.1 Å². The molecule has 26 heavy (non-hydrogen) atoms. The fraction of sp³-hybridized carbons (Fsp3) is 0. The van der Waals surface area contributed by atoms with Crippen LogP contribution in [-0.2, 0) is 0 Å². The molecule has 0 unspecified atom stereocenters. The second kappa shape index (κ2) is 5.82. The summed E-state index contributed by atoms with van der Waals surface area (Å²) < 4.78 is 6.20. The lowest BCUT2D eigenvalue weighted by atomic mass is 10.1. The van der Waals surface area contributed by atoms with Crippen LogP contribution < -0.4 is 5.32 Å². The van der Waals surface area contributed by atoms with Crippen molar-refractivity contribution in [1.29, 1.82) is 0 Å². The first-order valence-corrected chi connectivity index (χ1v) is 8.81. The molecule has 0 aliphatic carbocycles. The van der Waals surface area contributed by atoms with E-state index in [4.69, 9.17) is 4.42 Å². The monoisotopic (exact) mass is 360 g/mol. The summed E-state index contributed by atoms with van der Waals surface area (Å²) in [7, 11) is 0. The van der Waals surface area contributed by atoms with Gasteiger partial charge in [-0.05, 0) is 42.5 Å². The second-order valence-corrected chi connectivity index (χ2v) is 6.72. The summed E-state index contributed by atoms with van der Waals surface area (Å²) in [6.45, 7) is 0. The van der Waals surface area contributed by atoms with Gasteiger partial charge in [0, 0.05) is 22.2 Å². The van der Waals surface area contributed by atoms with Crippen LogP contribution >= 0.6 is 11.3 Å². The fourth-order valence-corrected chi connectivity index (χ4v) is 3.57. The molecule has 0 atom stereocenters. The molecule has 0 aliphatic heterocycles. The summed E-state index contributed by atoms with van der Waals surface area (Å²) in [5.74, 6) is -0.174. The number of aromatic nitrogens is 3. The fourth-order valence-electron chi connectivity index (χ4n) is 2.91. The van der Waals surface area contributed by atoms with Crippen LogP contribution in [0, 0.1) is 0 Å². The Bertz CT molecular complexity index is 1240. The van der Waals surface area contributed by atoms with Crippen LogP contribution in [0.4, 0.5) is 5.69 Å². The van der Waals surface area contributed by atoms with Crippen LogP contribution in [0.15, 0.2) is 64.9 Å². The Morgan fingerprint density at radius 3 is 3.00 bits per heavy atom. The van der Waals surface area contributed by atoms with E-state index in [0.29, 0.717) is 11.3 Å². The zero-order valence-corrected chi connectivity index (χ0v) is 14.2. The number of anilines is 1. The molecule has 1 amide bonds. The molecule has 3 heterocycles. The Labute approximate surface area is 151 Å². The number of nitrogens with zero attached hydrogens (tertiary/aromatic N) is 2. The number of amides is 1. The van der Waals surface area contributed by atoms with Gasteiger partial charge >= 0.3 is 0 Å². The molecule has 0 saturated carbocycles. The summed E-state index contributed by atoms with van der Waals surface area (Å²) in [5, 5.41) is 11.2. The van der Waals surface area contributed by atoms with E-state index in [1.807, 2.05) is 36.4 Å². The normalized spacial score (nSPS) is 11.2. The van der Waals surface area contributed by atoms with E-state index in [-0.39, 0.29) is 5.91 Å². The van der Waals surface area contributed by atoms with Gasteiger partial charge in [0.1, 0.15) is 5.69 Å². The van der Waals surface area contributed by atoms with Gasteiger partial charge in [-0.1, -0.05) is 0 Å². The van der Waals surface area contributed by atoms with Crippen molar-refractivity contribution in [1.82, 2.24) is 15.2 Å². The minimum atomic E-state index is -0.174. The molecular weight excluding hydrogens is 348 g/mol. The number of benzene rings is 2. The number of hydrogen-bond donors (Lipinski definition) is 2. The van der Waals surface area contributed by atoms with Crippen LogP contribution in [0.25, 0.3) is 32.4 Å². The van der Waals surface area contributed by atoms with Crippen molar-refractivity contribution in [2.24, 2.45) is 0 Å². The van der Waals surface area contributed by atoms with E-state index < -0.39 is 0 Å². The van der Waals surface area contributed by atoms with Crippen molar-refractivity contribution in [3.63, 3.8) is 0 Å². The van der Waals surface area contributed by atoms with Gasteiger partial charge in [-0.2, -0.15) is 5.10 Å². The molecule has 0 aliphatic rings. The van der Waals surface area contributed by atoms with Gasteiger partial charge in [0.2, 0.25) is 0 Å². The third kappa shape index (κ3) is 2.46. The molecular formula is C19H12N4O2S. The Hall–Kier alpha value is -3.45. The van der Waals surface area contributed by atoms with Gasteiger partial charge in [0.15, 0.2) is 0 Å². The highest BCUT2D eigenvalue weighted by atomic mass is 32.1. The van der Waals surface area contributed by atoms with Crippen LogP contribution in [0.1, 0.15) is 10.4 Å². The topological polar surface area (TPSA) is 83.8 Å². The summed E-state index contributed by atoms with van der Waals surface area (Å²) in [5.41, 5.74) is 6.44. The Kier molecular flexibility index (Phi) is 3.32. The molecule has 0 spiro atoms. The number of aromatic amines is 1. The van der Waals surface area contributed by atoms with Crippen molar-refractivity contribution < 1.29 is 9.21 Å². The Morgan fingerprint density at radius 2 is 2.12 bits per heavy atom. The van der Waals surface area contributed by atoms with Crippen molar-refractivity contribution in [3.05, 3.63) is 66.1 Å². The molecule has 126 valence electrons. The molecule has 5 rings (SSSR count). The Balaban J connectivity index is 1.48. The van der Waals surface area contributed by atoms with Gasteiger partial charge in [0.25, 0.3) is 5.91 Å². The number of thiazole rings is 1. The average molecular weight is 360 g/mol. The largest absolute Gasteiger partial charge is 0.472 e. The highest BCUT2D eigenvalue weighted by Gasteiger charge is 2.12. The standard InChI is InChI=1S/C19H12N4O2S/c24-19(11-1-4-17-16(7-11)20-10-26-17)21-13-2-3-15-14(8-13)18(23-22-15)12-5-6-25-9-12/h1-10H,(H,21,24)(H,22,23). The smallest absolute Gasteiger partial charge is 0.255 e. The maximum absolute atomic E-state index is 12.6. The maximum atomic E-state index is 12.6. The first-order valence-electron chi connectivity index (χ1n) is 7.93. The first-order chi connectivity index (χ1) is 12.8. The van der Waals surface area contributed by atoms with Crippen molar-refractivity contribution in [2.75, 3.05) is 5.32 Å². The van der Waals surface area contributed by atoms with E-state index in [9.17, 15) is 4.79 Å². The lowest BCUT2D eigenvalue weighted by Gasteiger charge is -2.06. The summed E-state index contributed by atoms with van der Waals surface area (Å²) in [6, 6.07) is 13.0. The third-order valence-electron chi connectivity index (χ3n) is 4.21. The molecule has 3 aromatic heterocycles. The molecule has 0 bridgehead atoms. The van der Waals surface area contributed by atoms with E-state index in [2.05, 4.69) is 20.5 Å². The zero-order chi connectivity index (χ0) is 17.5. The number of fused-ring (bicyclic) bond motifs is 2. The zero-order valence-electron chi connectivity index (χ0n) is 13.4. The highest BCUT2D eigenvalue weighted by molar-refractivity contribution is 7.16. The molecule has 2 N–H and O–H groups in total. The molecule has 2 aromatic carbocycles. The number of carbonyl (C=O) groups is 1. The predicted octanol–water partition coefficient (Wildman–Crippen LogP) is 4.68. The lowest BCUT2D eigenvalue weighted by Crippen LogP contribution is -2.11.